The molecule has 190 valence electrons. The molecule has 1 aliphatic heterocycles. The number of benzene rings is 1. The molecule has 3 heterocycles. The predicted molar refractivity (Wildman–Crippen MR) is 130 cm³/mol. The van der Waals surface area contributed by atoms with Gasteiger partial charge in [0, 0.05) is 36.7 Å². The fourth-order valence-electron chi connectivity index (χ4n) is 4.05. The maximum atomic E-state index is 13.3. The number of halogens is 3. The van der Waals surface area contributed by atoms with Gasteiger partial charge in [-0.15, -0.1) is 0 Å². The van der Waals surface area contributed by atoms with Gasteiger partial charge in [0.1, 0.15) is 12.2 Å². The topological polar surface area (TPSA) is 77.4 Å². The largest absolute Gasteiger partial charge is 0.464 e. The number of hydrogen-bond acceptors (Lipinski definition) is 6. The molecule has 0 unspecified atom stereocenters. The molecule has 1 aliphatic rings. The molecule has 0 atom stereocenters. The summed E-state index contributed by atoms with van der Waals surface area (Å²) in [6, 6.07) is 10.7. The van der Waals surface area contributed by atoms with E-state index in [1.165, 1.54) is 23.9 Å². The predicted octanol–water partition coefficient (Wildman–Crippen LogP) is 4.12. The van der Waals surface area contributed by atoms with E-state index in [1.54, 1.807) is 18.2 Å². The van der Waals surface area contributed by atoms with Crippen molar-refractivity contribution in [2.75, 3.05) is 32.2 Å². The molecule has 0 amide bonds. The van der Waals surface area contributed by atoms with Crippen LogP contribution in [0.3, 0.4) is 0 Å². The summed E-state index contributed by atoms with van der Waals surface area (Å²) in [5.74, 6) is 5.20. The highest BCUT2D eigenvalue weighted by molar-refractivity contribution is 5.87. The number of ether oxygens (including phenoxy) is 2. The van der Waals surface area contributed by atoms with E-state index in [0.29, 0.717) is 29.2 Å². The van der Waals surface area contributed by atoms with Crippen molar-refractivity contribution in [2.24, 2.45) is 0 Å². The first-order valence-electron chi connectivity index (χ1n) is 11.6. The van der Waals surface area contributed by atoms with Crippen LogP contribution < -0.4 is 10.6 Å². The van der Waals surface area contributed by atoms with Crippen molar-refractivity contribution in [1.82, 2.24) is 14.9 Å². The third kappa shape index (κ3) is 6.77. The molecule has 0 saturated carbocycles. The first-order chi connectivity index (χ1) is 17.3. The number of methoxy groups -OCH3 is 1. The van der Waals surface area contributed by atoms with E-state index in [-0.39, 0.29) is 17.9 Å². The molecule has 1 saturated heterocycles. The maximum Gasteiger partial charge on any atom is 0.406 e. The van der Waals surface area contributed by atoms with Crippen LogP contribution in [0.25, 0.3) is 10.9 Å². The van der Waals surface area contributed by atoms with Gasteiger partial charge in [-0.25, -0.2) is 9.78 Å². The second-order valence-electron chi connectivity index (χ2n) is 8.47. The van der Waals surface area contributed by atoms with Crippen LogP contribution in [0.5, 0.6) is 0 Å². The van der Waals surface area contributed by atoms with Gasteiger partial charge in [0.25, 0.3) is 0 Å². The number of esters is 1. The molecule has 0 bridgehead atoms. The number of nitrogens with zero attached hydrogens (tertiary/aromatic N) is 2. The van der Waals surface area contributed by atoms with Gasteiger partial charge in [-0.3, -0.25) is 0 Å². The van der Waals surface area contributed by atoms with Crippen LogP contribution in [0, 0.1) is 11.8 Å². The highest BCUT2D eigenvalue weighted by Crippen LogP contribution is 2.26. The Labute approximate surface area is 207 Å². The first-order valence-corrected chi connectivity index (χ1v) is 11.6. The second kappa shape index (κ2) is 11.5. The zero-order valence-electron chi connectivity index (χ0n) is 19.8. The molecule has 1 fully saturated rings. The quantitative estimate of drug-likeness (QED) is 0.376. The summed E-state index contributed by atoms with van der Waals surface area (Å²) in [6.45, 7) is 1.19. The molecule has 10 heteroatoms. The first kappa shape index (κ1) is 25.5. The number of hydrogen-bond donors (Lipinski definition) is 2. The lowest BCUT2D eigenvalue weighted by atomic mass is 10.1. The van der Waals surface area contributed by atoms with E-state index in [2.05, 4.69) is 32.2 Å². The lowest BCUT2D eigenvalue weighted by molar-refractivity contribution is -0.140. The average molecular weight is 501 g/mol. The molecular formula is C26H27F3N4O3. The maximum absolute atomic E-state index is 13.3. The minimum atomic E-state index is -4.38. The number of aromatic nitrogens is 2. The van der Waals surface area contributed by atoms with Crippen molar-refractivity contribution in [3.05, 3.63) is 59.5 Å². The smallest absolute Gasteiger partial charge is 0.406 e. The molecule has 2 aromatic heterocycles. The Balaban J connectivity index is 1.47. The van der Waals surface area contributed by atoms with Crippen molar-refractivity contribution in [2.45, 2.75) is 38.1 Å². The van der Waals surface area contributed by atoms with Crippen LogP contribution in [0.15, 0.2) is 42.6 Å². The molecule has 0 spiro atoms. The Morgan fingerprint density at radius 1 is 1.22 bits per heavy atom. The minimum absolute atomic E-state index is 0.174. The van der Waals surface area contributed by atoms with E-state index in [9.17, 15) is 18.0 Å². The summed E-state index contributed by atoms with van der Waals surface area (Å²) in [4.78, 5) is 15.5. The van der Waals surface area contributed by atoms with Gasteiger partial charge < -0.3 is 24.7 Å². The van der Waals surface area contributed by atoms with Gasteiger partial charge in [0.15, 0.2) is 0 Å². The van der Waals surface area contributed by atoms with Crippen LogP contribution in [0.4, 0.5) is 18.9 Å². The number of anilines is 1. The molecule has 36 heavy (non-hydrogen) atoms. The van der Waals surface area contributed by atoms with Gasteiger partial charge in [-0.2, -0.15) is 13.2 Å². The molecule has 3 aromatic rings. The van der Waals surface area contributed by atoms with Gasteiger partial charge in [0.2, 0.25) is 0 Å². The van der Waals surface area contributed by atoms with Gasteiger partial charge in [0.05, 0.1) is 31.2 Å². The Morgan fingerprint density at radius 3 is 2.72 bits per heavy atom. The Bertz CT molecular complexity index is 1250. The Kier molecular flexibility index (Phi) is 8.13. The number of nitrogens with one attached hydrogen (secondary N) is 2. The van der Waals surface area contributed by atoms with Crippen LogP contribution >= 0.6 is 0 Å². The molecule has 7 nitrogen and oxygen atoms in total. The van der Waals surface area contributed by atoms with Crippen molar-refractivity contribution >= 4 is 22.6 Å². The molecule has 2 N–H and O–H groups in total. The van der Waals surface area contributed by atoms with Crippen LogP contribution in [0.2, 0.25) is 0 Å². The zero-order chi connectivity index (χ0) is 25.5. The number of alkyl halides is 3. The third-order valence-corrected chi connectivity index (χ3v) is 5.87. The zero-order valence-corrected chi connectivity index (χ0v) is 19.8. The number of carbonyl (C=O) groups excluding carboxylic acids is 1. The molecule has 1 aromatic carbocycles. The number of pyridine rings is 1. The van der Waals surface area contributed by atoms with E-state index in [1.807, 2.05) is 12.1 Å². The summed E-state index contributed by atoms with van der Waals surface area (Å²) < 4.78 is 51.1. The lowest BCUT2D eigenvalue weighted by Crippen LogP contribution is -2.34. The van der Waals surface area contributed by atoms with Gasteiger partial charge in [-0.1, -0.05) is 12.0 Å². The fourth-order valence-corrected chi connectivity index (χ4v) is 4.05. The Hall–Kier alpha value is -3.55. The lowest BCUT2D eigenvalue weighted by Gasteiger charge is -2.23. The summed E-state index contributed by atoms with van der Waals surface area (Å²) >= 11 is 0. The summed E-state index contributed by atoms with van der Waals surface area (Å²) in [5.41, 5.74) is 2.57. The van der Waals surface area contributed by atoms with Crippen LogP contribution in [-0.2, 0) is 22.6 Å². The van der Waals surface area contributed by atoms with E-state index in [4.69, 9.17) is 4.74 Å². The van der Waals surface area contributed by atoms with Crippen molar-refractivity contribution < 1.29 is 27.4 Å². The van der Waals surface area contributed by atoms with Crippen LogP contribution in [-0.4, -0.2) is 54.6 Å². The molecule has 0 aliphatic carbocycles. The van der Waals surface area contributed by atoms with E-state index < -0.39 is 18.7 Å². The second-order valence-corrected chi connectivity index (χ2v) is 8.47. The molecule has 0 radical (unpaired) electrons. The average Bonchev–Trinajstić information content (AvgIpc) is 3.20. The van der Waals surface area contributed by atoms with Crippen molar-refractivity contribution in [3.8, 4) is 11.8 Å². The Morgan fingerprint density at radius 2 is 2.03 bits per heavy atom. The highest BCUT2D eigenvalue weighted by Gasteiger charge is 2.29. The van der Waals surface area contributed by atoms with Crippen molar-refractivity contribution in [3.63, 3.8) is 0 Å². The highest BCUT2D eigenvalue weighted by atomic mass is 19.4. The fraction of sp³-hybridized carbons (Fsp3) is 0.385. The third-order valence-electron chi connectivity index (χ3n) is 5.87. The number of rotatable bonds is 7. The standard InChI is InChI=1S/C26H27F3N4O3/c1-35-25(34)23-6-5-21(16-32-23)30-10-2-3-22-14-19-13-18(15-31-20-8-11-36-12-9-20)4-7-24(19)33(22)17-26(27,28)29/h4-7,13-14,16,20,30-31H,8-12,15,17H2,1H3. The summed E-state index contributed by atoms with van der Waals surface area (Å²) in [7, 11) is 1.27. The summed E-state index contributed by atoms with van der Waals surface area (Å²) in [6.07, 6.45) is -1.02. The van der Waals surface area contributed by atoms with Crippen LogP contribution in [0.1, 0.15) is 34.6 Å². The number of carbonyl (C=O) groups is 1. The SMILES string of the molecule is COC(=O)c1ccc(NCC#Cc2cc3cc(CNC4CCOCC4)ccc3n2CC(F)(F)F)cn1. The monoisotopic (exact) mass is 500 g/mol. The number of fused-ring (bicyclic) bond motifs is 1. The van der Waals surface area contributed by atoms with Crippen molar-refractivity contribution in [1.29, 1.82) is 0 Å². The van der Waals surface area contributed by atoms with Gasteiger partial charge in [-0.05, 0) is 54.7 Å². The minimum Gasteiger partial charge on any atom is -0.464 e. The molecule has 4 rings (SSSR count). The van der Waals surface area contributed by atoms with Gasteiger partial charge >= 0.3 is 12.1 Å². The summed E-state index contributed by atoms with van der Waals surface area (Å²) in [5, 5.41) is 7.23. The normalized spacial score (nSPS) is 14.3. The van der Waals surface area contributed by atoms with E-state index >= 15 is 0 Å². The van der Waals surface area contributed by atoms with E-state index in [0.717, 1.165) is 31.6 Å². The molecular weight excluding hydrogens is 473 g/mol.